The first kappa shape index (κ1) is 18.2. The van der Waals surface area contributed by atoms with Gasteiger partial charge in [0.05, 0.1) is 13.0 Å². The molecule has 2 amide bonds. The number of nitrogens with zero attached hydrogens (tertiary/aromatic N) is 2. The maximum absolute atomic E-state index is 12.8. The van der Waals surface area contributed by atoms with Crippen LogP contribution >= 0.6 is 0 Å². The first-order chi connectivity index (χ1) is 12.5. The van der Waals surface area contributed by atoms with E-state index in [9.17, 15) is 14.4 Å². The van der Waals surface area contributed by atoms with Crippen molar-refractivity contribution in [3.8, 4) is 5.75 Å². The minimum Gasteiger partial charge on any atom is -0.497 e. The quantitative estimate of drug-likeness (QED) is 0.865. The average Bonchev–Trinajstić information content (AvgIpc) is 3.03. The summed E-state index contributed by atoms with van der Waals surface area (Å²) >= 11 is 0. The summed E-state index contributed by atoms with van der Waals surface area (Å²) in [4.78, 5) is 39.4. The molecule has 0 radical (unpaired) electrons. The number of likely N-dealkylation sites (tertiary alicyclic amines) is 1. The van der Waals surface area contributed by atoms with Crippen molar-refractivity contribution in [2.24, 2.45) is 11.8 Å². The van der Waals surface area contributed by atoms with Crippen molar-refractivity contribution in [1.29, 1.82) is 0 Å². The Hall–Kier alpha value is -2.57. The number of hydrogen-bond acceptors (Lipinski definition) is 4. The molecule has 1 atom stereocenters. The molecule has 1 unspecified atom stereocenters. The maximum atomic E-state index is 12.8. The Morgan fingerprint density at radius 2 is 1.85 bits per heavy atom. The van der Waals surface area contributed by atoms with E-state index in [1.165, 1.54) is 0 Å². The Bertz CT molecular complexity index is 680. The van der Waals surface area contributed by atoms with Gasteiger partial charge in [0.15, 0.2) is 0 Å². The highest BCUT2D eigenvalue weighted by Crippen LogP contribution is 2.29. The first-order valence-electron chi connectivity index (χ1n) is 8.93. The topological polar surface area (TPSA) is 87.2 Å². The number of anilines is 1. The Labute approximate surface area is 152 Å². The third kappa shape index (κ3) is 3.98. The summed E-state index contributed by atoms with van der Waals surface area (Å²) in [7, 11) is 1.59. The lowest BCUT2D eigenvalue weighted by atomic mass is 9.92. The molecule has 2 saturated heterocycles. The fourth-order valence-electron chi connectivity index (χ4n) is 3.75. The number of hydrogen-bond donors (Lipinski definition) is 1. The van der Waals surface area contributed by atoms with Gasteiger partial charge in [-0.25, -0.2) is 0 Å². The lowest BCUT2D eigenvalue weighted by molar-refractivity contribution is -0.139. The fraction of sp³-hybridized carbons (Fsp3) is 0.526. The molecule has 0 aliphatic carbocycles. The highest BCUT2D eigenvalue weighted by atomic mass is 16.5. The molecule has 7 heteroatoms. The SMILES string of the molecule is COc1ccc(N2CC(C(=O)N3CCC(CC(=O)O)CC3)CC2=O)cc1. The van der Waals surface area contributed by atoms with Crippen molar-refractivity contribution in [1.82, 2.24) is 4.90 Å². The molecule has 2 heterocycles. The second-order valence-corrected chi connectivity index (χ2v) is 6.97. The van der Waals surface area contributed by atoms with Gasteiger partial charge in [-0.2, -0.15) is 0 Å². The summed E-state index contributed by atoms with van der Waals surface area (Å²) in [5, 5.41) is 8.88. The first-order valence-corrected chi connectivity index (χ1v) is 8.93. The van der Waals surface area contributed by atoms with E-state index in [4.69, 9.17) is 9.84 Å². The summed E-state index contributed by atoms with van der Waals surface area (Å²) in [5.41, 5.74) is 0.770. The summed E-state index contributed by atoms with van der Waals surface area (Å²) in [6.07, 6.45) is 1.80. The van der Waals surface area contributed by atoms with E-state index >= 15 is 0 Å². The number of ether oxygens (including phenoxy) is 1. The standard InChI is InChI=1S/C19H24N2O5/c1-26-16-4-2-15(3-5-16)21-12-14(11-17(21)22)19(25)20-8-6-13(7-9-20)10-18(23)24/h2-5,13-14H,6-12H2,1H3,(H,23,24). The second kappa shape index (κ2) is 7.76. The molecule has 0 bridgehead atoms. The molecule has 1 aromatic rings. The maximum Gasteiger partial charge on any atom is 0.303 e. The summed E-state index contributed by atoms with van der Waals surface area (Å²) in [6, 6.07) is 7.23. The van der Waals surface area contributed by atoms with Crippen molar-refractivity contribution in [3.05, 3.63) is 24.3 Å². The van der Waals surface area contributed by atoms with E-state index in [2.05, 4.69) is 0 Å². The van der Waals surface area contributed by atoms with Crippen LogP contribution in [0.1, 0.15) is 25.7 Å². The molecule has 140 valence electrons. The number of benzene rings is 1. The van der Waals surface area contributed by atoms with Gasteiger partial charge in [-0.1, -0.05) is 0 Å². The van der Waals surface area contributed by atoms with E-state index in [1.54, 1.807) is 29.0 Å². The number of carbonyl (C=O) groups excluding carboxylic acids is 2. The monoisotopic (exact) mass is 360 g/mol. The predicted molar refractivity (Wildman–Crippen MR) is 95.0 cm³/mol. The van der Waals surface area contributed by atoms with Gasteiger partial charge in [-0.05, 0) is 43.0 Å². The van der Waals surface area contributed by atoms with Gasteiger partial charge in [0.1, 0.15) is 5.75 Å². The van der Waals surface area contributed by atoms with Crippen LogP contribution in [0.3, 0.4) is 0 Å². The summed E-state index contributed by atoms with van der Waals surface area (Å²) in [6.45, 7) is 1.53. The Morgan fingerprint density at radius 1 is 1.19 bits per heavy atom. The van der Waals surface area contributed by atoms with E-state index in [1.807, 2.05) is 12.1 Å². The normalized spacial score (nSPS) is 21.1. The van der Waals surface area contributed by atoms with Crippen molar-refractivity contribution < 1.29 is 24.2 Å². The minimum absolute atomic E-state index is 0.00290. The zero-order valence-electron chi connectivity index (χ0n) is 14.9. The van der Waals surface area contributed by atoms with Gasteiger partial charge in [-0.15, -0.1) is 0 Å². The fourth-order valence-corrected chi connectivity index (χ4v) is 3.75. The number of carbonyl (C=O) groups is 3. The third-order valence-corrected chi connectivity index (χ3v) is 5.25. The zero-order valence-corrected chi connectivity index (χ0v) is 14.9. The van der Waals surface area contributed by atoms with Crippen molar-refractivity contribution in [2.75, 3.05) is 31.6 Å². The molecule has 7 nitrogen and oxygen atoms in total. The van der Waals surface area contributed by atoms with Gasteiger partial charge in [0, 0.05) is 38.2 Å². The number of amides is 2. The van der Waals surface area contributed by atoms with E-state index in [0.717, 1.165) is 11.4 Å². The van der Waals surface area contributed by atoms with Crippen LogP contribution in [0, 0.1) is 11.8 Å². The summed E-state index contributed by atoms with van der Waals surface area (Å²) < 4.78 is 5.13. The predicted octanol–water partition coefficient (Wildman–Crippen LogP) is 1.76. The van der Waals surface area contributed by atoms with Crippen LogP contribution in [0.5, 0.6) is 5.75 Å². The van der Waals surface area contributed by atoms with E-state index in [0.29, 0.717) is 32.5 Å². The minimum atomic E-state index is -0.786. The molecule has 2 aliphatic rings. The average molecular weight is 360 g/mol. The Balaban J connectivity index is 1.58. The molecule has 2 fully saturated rings. The number of carboxylic acids is 1. The van der Waals surface area contributed by atoms with Crippen LogP contribution in [0.4, 0.5) is 5.69 Å². The van der Waals surface area contributed by atoms with Crippen molar-refractivity contribution in [3.63, 3.8) is 0 Å². The molecular weight excluding hydrogens is 336 g/mol. The largest absolute Gasteiger partial charge is 0.497 e. The van der Waals surface area contributed by atoms with Crippen LogP contribution in [0.15, 0.2) is 24.3 Å². The number of methoxy groups -OCH3 is 1. The number of aliphatic carboxylic acids is 1. The molecule has 0 spiro atoms. The highest BCUT2D eigenvalue weighted by molar-refractivity contribution is 6.00. The highest BCUT2D eigenvalue weighted by Gasteiger charge is 2.38. The molecule has 2 aliphatic heterocycles. The van der Waals surface area contributed by atoms with E-state index in [-0.39, 0.29) is 36.5 Å². The smallest absolute Gasteiger partial charge is 0.303 e. The van der Waals surface area contributed by atoms with E-state index < -0.39 is 5.97 Å². The Kier molecular flexibility index (Phi) is 5.44. The number of rotatable bonds is 5. The molecule has 0 aromatic heterocycles. The Morgan fingerprint density at radius 3 is 2.42 bits per heavy atom. The number of piperidine rings is 1. The molecule has 0 saturated carbocycles. The van der Waals surface area contributed by atoms with Crippen LogP contribution < -0.4 is 9.64 Å². The van der Waals surface area contributed by atoms with Crippen LogP contribution in [-0.2, 0) is 14.4 Å². The summed E-state index contributed by atoms with van der Waals surface area (Å²) in [5.74, 6) is -0.306. The van der Waals surface area contributed by atoms with Gasteiger partial charge in [0.25, 0.3) is 0 Å². The number of carboxylic acid groups (broad SMARTS) is 1. The van der Waals surface area contributed by atoms with Crippen LogP contribution in [0.25, 0.3) is 0 Å². The van der Waals surface area contributed by atoms with Gasteiger partial charge >= 0.3 is 5.97 Å². The lowest BCUT2D eigenvalue weighted by Crippen LogP contribution is -2.42. The molecular formula is C19H24N2O5. The van der Waals surface area contributed by atoms with Crippen LogP contribution in [-0.4, -0.2) is 54.5 Å². The lowest BCUT2D eigenvalue weighted by Gasteiger charge is -2.33. The third-order valence-electron chi connectivity index (χ3n) is 5.25. The molecule has 26 heavy (non-hydrogen) atoms. The molecule has 3 rings (SSSR count). The molecule has 1 N–H and O–H groups in total. The zero-order chi connectivity index (χ0) is 18.7. The van der Waals surface area contributed by atoms with Gasteiger partial charge in [-0.3, -0.25) is 14.4 Å². The van der Waals surface area contributed by atoms with Crippen molar-refractivity contribution in [2.45, 2.75) is 25.7 Å². The van der Waals surface area contributed by atoms with Gasteiger partial charge < -0.3 is 19.6 Å². The van der Waals surface area contributed by atoms with Crippen LogP contribution in [0.2, 0.25) is 0 Å². The van der Waals surface area contributed by atoms with Gasteiger partial charge in [0.2, 0.25) is 11.8 Å². The second-order valence-electron chi connectivity index (χ2n) is 6.97. The molecule has 1 aromatic carbocycles. The van der Waals surface area contributed by atoms with Crippen molar-refractivity contribution >= 4 is 23.5 Å².